The van der Waals surface area contributed by atoms with Gasteiger partial charge in [0.05, 0.1) is 0 Å². The van der Waals surface area contributed by atoms with Crippen molar-refractivity contribution in [2.45, 2.75) is 77.6 Å². The zero-order chi connectivity index (χ0) is 14.6. The second-order valence-corrected chi connectivity index (χ2v) is 6.54. The van der Waals surface area contributed by atoms with Crippen molar-refractivity contribution in [3.63, 3.8) is 0 Å². The van der Waals surface area contributed by atoms with Crippen molar-refractivity contribution >= 4 is 17.5 Å². The number of halogens is 1. The summed E-state index contributed by atoms with van der Waals surface area (Å²) in [7, 11) is 0. The van der Waals surface area contributed by atoms with Crippen LogP contribution in [0.15, 0.2) is 0 Å². The van der Waals surface area contributed by atoms with Crippen LogP contribution in [0.5, 0.6) is 0 Å². The minimum Gasteiger partial charge on any atom is -0.342 e. The van der Waals surface area contributed by atoms with Crippen LogP contribution < -0.4 is 0 Å². The SMILES string of the molecule is CCCCCCCCCCCC(=O)N1CCC(CCl)C1. The van der Waals surface area contributed by atoms with Gasteiger partial charge in [0.15, 0.2) is 0 Å². The number of amides is 1. The number of carbonyl (C=O) groups excluding carboxylic acids is 1. The fraction of sp³-hybridized carbons (Fsp3) is 0.941. The summed E-state index contributed by atoms with van der Waals surface area (Å²) in [5, 5.41) is 0. The first-order valence-corrected chi connectivity index (χ1v) is 9.15. The van der Waals surface area contributed by atoms with Crippen LogP contribution in [0.1, 0.15) is 77.6 Å². The summed E-state index contributed by atoms with van der Waals surface area (Å²) >= 11 is 5.85. The fourth-order valence-electron chi connectivity index (χ4n) is 2.93. The Morgan fingerprint density at radius 2 is 1.65 bits per heavy atom. The zero-order valence-electron chi connectivity index (χ0n) is 13.2. The Morgan fingerprint density at radius 3 is 2.20 bits per heavy atom. The molecule has 0 saturated carbocycles. The first-order valence-electron chi connectivity index (χ1n) is 8.61. The Kier molecular flexibility index (Phi) is 10.2. The lowest BCUT2D eigenvalue weighted by atomic mass is 10.1. The molecule has 1 heterocycles. The minimum absolute atomic E-state index is 0.348. The second kappa shape index (κ2) is 11.4. The summed E-state index contributed by atoms with van der Waals surface area (Å²) in [6.45, 7) is 4.07. The smallest absolute Gasteiger partial charge is 0.222 e. The first kappa shape index (κ1) is 17.8. The fourth-order valence-corrected chi connectivity index (χ4v) is 3.18. The van der Waals surface area contributed by atoms with Gasteiger partial charge in [-0.2, -0.15) is 0 Å². The van der Waals surface area contributed by atoms with Gasteiger partial charge in [-0.1, -0.05) is 58.3 Å². The van der Waals surface area contributed by atoms with Crippen LogP contribution >= 0.6 is 11.6 Å². The van der Waals surface area contributed by atoms with E-state index in [-0.39, 0.29) is 0 Å². The van der Waals surface area contributed by atoms with Crippen molar-refractivity contribution in [1.29, 1.82) is 0 Å². The van der Waals surface area contributed by atoms with Crippen LogP contribution in [0.2, 0.25) is 0 Å². The third kappa shape index (κ3) is 7.52. The molecule has 1 rings (SSSR count). The third-order valence-electron chi connectivity index (χ3n) is 4.35. The summed E-state index contributed by atoms with van der Waals surface area (Å²) in [5.74, 6) is 1.58. The summed E-state index contributed by atoms with van der Waals surface area (Å²) in [5.41, 5.74) is 0. The number of alkyl halides is 1. The van der Waals surface area contributed by atoms with E-state index in [1.807, 2.05) is 4.90 Å². The molecule has 20 heavy (non-hydrogen) atoms. The van der Waals surface area contributed by atoms with Crippen molar-refractivity contribution in [2.75, 3.05) is 19.0 Å². The Bertz CT molecular complexity index is 257. The molecule has 2 nitrogen and oxygen atoms in total. The van der Waals surface area contributed by atoms with Gasteiger partial charge in [0.25, 0.3) is 0 Å². The van der Waals surface area contributed by atoms with E-state index in [2.05, 4.69) is 6.92 Å². The van der Waals surface area contributed by atoms with E-state index >= 15 is 0 Å². The van der Waals surface area contributed by atoms with E-state index in [9.17, 15) is 4.79 Å². The van der Waals surface area contributed by atoms with Crippen molar-refractivity contribution in [3.8, 4) is 0 Å². The molecular weight excluding hydrogens is 270 g/mol. The molecule has 1 aliphatic heterocycles. The van der Waals surface area contributed by atoms with Gasteiger partial charge in [0.1, 0.15) is 0 Å². The van der Waals surface area contributed by atoms with E-state index in [4.69, 9.17) is 11.6 Å². The molecule has 1 amide bonds. The topological polar surface area (TPSA) is 20.3 Å². The van der Waals surface area contributed by atoms with Gasteiger partial charge in [-0.3, -0.25) is 4.79 Å². The predicted octanol–water partition coefficient (Wildman–Crippen LogP) is 4.99. The van der Waals surface area contributed by atoms with E-state index in [1.54, 1.807) is 0 Å². The quantitative estimate of drug-likeness (QED) is 0.389. The normalized spacial score (nSPS) is 18.7. The van der Waals surface area contributed by atoms with E-state index < -0.39 is 0 Å². The molecule has 1 atom stereocenters. The van der Waals surface area contributed by atoms with Gasteiger partial charge in [0.2, 0.25) is 5.91 Å². The molecule has 0 aromatic heterocycles. The second-order valence-electron chi connectivity index (χ2n) is 6.23. The number of unbranched alkanes of at least 4 members (excludes halogenated alkanes) is 8. The van der Waals surface area contributed by atoms with Crippen molar-refractivity contribution in [3.05, 3.63) is 0 Å². The van der Waals surface area contributed by atoms with Gasteiger partial charge in [0, 0.05) is 25.4 Å². The van der Waals surface area contributed by atoms with Crippen LogP contribution in [0.3, 0.4) is 0 Å². The Labute approximate surface area is 130 Å². The molecule has 1 saturated heterocycles. The molecule has 0 bridgehead atoms. The highest BCUT2D eigenvalue weighted by atomic mass is 35.5. The largest absolute Gasteiger partial charge is 0.342 e. The van der Waals surface area contributed by atoms with Gasteiger partial charge in [-0.05, 0) is 18.8 Å². The van der Waals surface area contributed by atoms with E-state index in [0.717, 1.165) is 32.4 Å². The van der Waals surface area contributed by atoms with Crippen LogP contribution in [-0.2, 0) is 4.79 Å². The summed E-state index contributed by atoms with van der Waals surface area (Å²) in [6.07, 6.45) is 13.6. The molecule has 0 aromatic rings. The highest BCUT2D eigenvalue weighted by molar-refractivity contribution is 6.18. The average Bonchev–Trinajstić information content (AvgIpc) is 2.94. The molecule has 1 aliphatic rings. The molecule has 0 spiro atoms. The van der Waals surface area contributed by atoms with E-state index in [0.29, 0.717) is 17.7 Å². The standard InChI is InChI=1S/C17H32ClNO/c1-2-3-4-5-6-7-8-9-10-11-17(20)19-13-12-16(14-18)15-19/h16H,2-15H2,1H3. The lowest BCUT2D eigenvalue weighted by Crippen LogP contribution is -2.28. The lowest BCUT2D eigenvalue weighted by Gasteiger charge is -2.15. The Morgan fingerprint density at radius 1 is 1.05 bits per heavy atom. The highest BCUT2D eigenvalue weighted by Crippen LogP contribution is 2.19. The monoisotopic (exact) mass is 301 g/mol. The number of nitrogens with zero attached hydrogens (tertiary/aromatic N) is 1. The maximum absolute atomic E-state index is 12.0. The zero-order valence-corrected chi connectivity index (χ0v) is 14.0. The minimum atomic E-state index is 0.348. The molecular formula is C17H32ClNO. The molecule has 0 aliphatic carbocycles. The highest BCUT2D eigenvalue weighted by Gasteiger charge is 2.24. The van der Waals surface area contributed by atoms with Crippen molar-refractivity contribution in [1.82, 2.24) is 4.90 Å². The number of hydrogen-bond donors (Lipinski definition) is 0. The number of carbonyl (C=O) groups is 1. The Hall–Kier alpha value is -0.240. The van der Waals surface area contributed by atoms with Gasteiger partial charge < -0.3 is 4.90 Å². The molecule has 1 unspecified atom stereocenters. The molecule has 0 aromatic carbocycles. The molecule has 1 fully saturated rings. The van der Waals surface area contributed by atoms with Gasteiger partial charge >= 0.3 is 0 Å². The van der Waals surface area contributed by atoms with Crippen LogP contribution in [-0.4, -0.2) is 29.8 Å². The van der Waals surface area contributed by atoms with Crippen LogP contribution in [0.4, 0.5) is 0 Å². The number of likely N-dealkylation sites (tertiary alicyclic amines) is 1. The number of rotatable bonds is 11. The maximum Gasteiger partial charge on any atom is 0.222 e. The molecule has 118 valence electrons. The predicted molar refractivity (Wildman–Crippen MR) is 87.3 cm³/mol. The van der Waals surface area contributed by atoms with Crippen molar-refractivity contribution in [2.24, 2.45) is 5.92 Å². The average molecular weight is 302 g/mol. The van der Waals surface area contributed by atoms with Gasteiger partial charge in [-0.25, -0.2) is 0 Å². The molecule has 3 heteroatoms. The van der Waals surface area contributed by atoms with Crippen LogP contribution in [0, 0.1) is 5.92 Å². The maximum atomic E-state index is 12.0. The molecule has 0 N–H and O–H groups in total. The molecule has 0 radical (unpaired) electrons. The Balaban J connectivity index is 1.90. The summed E-state index contributed by atoms with van der Waals surface area (Å²) < 4.78 is 0. The van der Waals surface area contributed by atoms with Gasteiger partial charge in [-0.15, -0.1) is 11.6 Å². The van der Waals surface area contributed by atoms with Crippen LogP contribution in [0.25, 0.3) is 0 Å². The summed E-state index contributed by atoms with van der Waals surface area (Å²) in [6, 6.07) is 0. The first-order chi connectivity index (χ1) is 9.77. The van der Waals surface area contributed by atoms with E-state index in [1.165, 1.54) is 51.4 Å². The van der Waals surface area contributed by atoms with Crippen molar-refractivity contribution < 1.29 is 4.79 Å². The number of hydrogen-bond acceptors (Lipinski definition) is 1. The summed E-state index contributed by atoms with van der Waals surface area (Å²) in [4.78, 5) is 14.0. The third-order valence-corrected chi connectivity index (χ3v) is 4.79. The lowest BCUT2D eigenvalue weighted by molar-refractivity contribution is -0.130.